The zero-order chi connectivity index (χ0) is 26.3. The Balaban J connectivity index is 1.46. The van der Waals surface area contributed by atoms with Crippen molar-refractivity contribution in [2.45, 2.75) is 0 Å². The fourth-order valence-electron chi connectivity index (χ4n) is 3.85. The van der Waals surface area contributed by atoms with Crippen molar-refractivity contribution in [3.63, 3.8) is 0 Å². The zero-order valence-electron chi connectivity index (χ0n) is 21.1. The van der Waals surface area contributed by atoms with Crippen LogP contribution in [0.15, 0.2) is 91.0 Å². The molecule has 0 radical (unpaired) electrons. The van der Waals surface area contributed by atoms with Crippen molar-refractivity contribution < 1.29 is 4.79 Å². The highest BCUT2D eigenvalue weighted by atomic mass is 32.1. The zero-order valence-corrected chi connectivity index (χ0v) is 21.9. The summed E-state index contributed by atoms with van der Waals surface area (Å²) in [6.45, 7) is 1.51. The van der Waals surface area contributed by atoms with Crippen LogP contribution in [0, 0.1) is 0 Å². The smallest absolute Gasteiger partial charge is 0.274 e. The Hall–Kier alpha value is -4.47. The van der Waals surface area contributed by atoms with Gasteiger partial charge < -0.3 is 15.5 Å². The predicted octanol–water partition coefficient (Wildman–Crippen LogP) is 5.24. The topological polar surface area (TPSA) is 95.9 Å². The Morgan fingerprint density at radius 1 is 0.842 bits per heavy atom. The average molecular weight is 522 g/mol. The van der Waals surface area contributed by atoms with Gasteiger partial charge in [-0.25, -0.2) is 9.97 Å². The molecule has 2 heterocycles. The fraction of sp³-hybridized carbons (Fsp3) is 0.138. The van der Waals surface area contributed by atoms with Crippen LogP contribution in [0.2, 0.25) is 0 Å². The Kier molecular flexibility index (Phi) is 7.77. The van der Waals surface area contributed by atoms with E-state index >= 15 is 0 Å². The van der Waals surface area contributed by atoms with Crippen LogP contribution in [0.3, 0.4) is 0 Å². The SMILES string of the molecule is CNCCN(C)c1cc(C(=O)Nc2ccccc2-c2nnc(-c3ccccc3)s2)nc(-c2ccccc2)n1. The minimum atomic E-state index is -0.326. The molecule has 0 saturated carbocycles. The summed E-state index contributed by atoms with van der Waals surface area (Å²) < 4.78 is 0. The number of para-hydroxylation sites is 1. The van der Waals surface area contributed by atoms with Crippen molar-refractivity contribution in [1.29, 1.82) is 0 Å². The third-order valence-electron chi connectivity index (χ3n) is 5.92. The van der Waals surface area contributed by atoms with E-state index in [4.69, 9.17) is 4.98 Å². The van der Waals surface area contributed by atoms with Crippen LogP contribution in [0.25, 0.3) is 32.5 Å². The molecule has 0 aliphatic carbocycles. The summed E-state index contributed by atoms with van der Waals surface area (Å²) in [4.78, 5) is 24.9. The van der Waals surface area contributed by atoms with Gasteiger partial charge in [0.1, 0.15) is 21.5 Å². The number of benzene rings is 3. The molecule has 2 N–H and O–H groups in total. The molecule has 1 amide bonds. The lowest BCUT2D eigenvalue weighted by Gasteiger charge is -2.19. The Bertz CT molecular complexity index is 1520. The summed E-state index contributed by atoms with van der Waals surface area (Å²) in [5.74, 6) is 0.840. The molecule has 38 heavy (non-hydrogen) atoms. The molecule has 0 saturated heterocycles. The molecule has 0 spiro atoms. The molecule has 5 aromatic rings. The Labute approximate surface area is 225 Å². The van der Waals surface area contributed by atoms with E-state index in [-0.39, 0.29) is 11.6 Å². The number of likely N-dealkylation sites (N-methyl/N-ethyl adjacent to an activating group) is 2. The molecule has 0 unspecified atom stereocenters. The number of hydrogen-bond acceptors (Lipinski definition) is 8. The van der Waals surface area contributed by atoms with Crippen LogP contribution in [0.1, 0.15) is 10.5 Å². The summed E-state index contributed by atoms with van der Waals surface area (Å²) in [5, 5.41) is 16.5. The third-order valence-corrected chi connectivity index (χ3v) is 6.92. The van der Waals surface area contributed by atoms with Gasteiger partial charge in [-0.3, -0.25) is 4.79 Å². The highest BCUT2D eigenvalue weighted by Crippen LogP contribution is 2.34. The highest BCUT2D eigenvalue weighted by molar-refractivity contribution is 7.18. The number of hydrogen-bond donors (Lipinski definition) is 2. The lowest BCUT2D eigenvalue weighted by Crippen LogP contribution is -2.28. The Morgan fingerprint density at radius 2 is 1.50 bits per heavy atom. The molecule has 5 rings (SSSR count). The summed E-state index contributed by atoms with van der Waals surface area (Å²) in [6, 6.07) is 28.9. The quantitative estimate of drug-likeness (QED) is 0.274. The van der Waals surface area contributed by atoms with E-state index in [0.717, 1.165) is 39.8 Å². The summed E-state index contributed by atoms with van der Waals surface area (Å²) in [5.41, 5.74) is 3.56. The molecular formula is C29H27N7OS. The summed E-state index contributed by atoms with van der Waals surface area (Å²) in [6.07, 6.45) is 0. The molecular weight excluding hydrogens is 494 g/mol. The van der Waals surface area contributed by atoms with Gasteiger partial charge in [0.25, 0.3) is 5.91 Å². The van der Waals surface area contributed by atoms with E-state index in [1.54, 1.807) is 6.07 Å². The summed E-state index contributed by atoms with van der Waals surface area (Å²) >= 11 is 1.48. The van der Waals surface area contributed by atoms with Gasteiger partial charge in [0, 0.05) is 42.9 Å². The third kappa shape index (κ3) is 5.74. The van der Waals surface area contributed by atoms with E-state index in [0.29, 0.717) is 17.3 Å². The lowest BCUT2D eigenvalue weighted by molar-refractivity contribution is 0.102. The molecule has 0 aliphatic heterocycles. The van der Waals surface area contributed by atoms with Crippen LogP contribution in [-0.4, -0.2) is 53.3 Å². The van der Waals surface area contributed by atoms with Gasteiger partial charge in [0.15, 0.2) is 5.82 Å². The van der Waals surface area contributed by atoms with Gasteiger partial charge in [-0.15, -0.1) is 10.2 Å². The number of amides is 1. The number of rotatable bonds is 9. The van der Waals surface area contributed by atoms with E-state index < -0.39 is 0 Å². The van der Waals surface area contributed by atoms with E-state index in [1.165, 1.54) is 11.3 Å². The Morgan fingerprint density at radius 3 is 2.24 bits per heavy atom. The first-order chi connectivity index (χ1) is 18.6. The largest absolute Gasteiger partial charge is 0.358 e. The molecule has 0 aliphatic rings. The molecule has 0 fully saturated rings. The summed E-state index contributed by atoms with van der Waals surface area (Å²) in [7, 11) is 3.85. The second kappa shape index (κ2) is 11.7. The number of carbonyl (C=O) groups is 1. The van der Waals surface area contributed by atoms with Crippen molar-refractivity contribution in [3.05, 3.63) is 96.7 Å². The predicted molar refractivity (Wildman–Crippen MR) is 153 cm³/mol. The maximum absolute atomic E-state index is 13.5. The monoisotopic (exact) mass is 521 g/mol. The van der Waals surface area contributed by atoms with Gasteiger partial charge >= 0.3 is 0 Å². The molecule has 0 atom stereocenters. The van der Waals surface area contributed by atoms with Crippen LogP contribution < -0.4 is 15.5 Å². The first kappa shape index (κ1) is 25.2. The van der Waals surface area contributed by atoms with Crippen molar-refractivity contribution in [3.8, 4) is 32.5 Å². The van der Waals surface area contributed by atoms with Crippen molar-refractivity contribution in [1.82, 2.24) is 25.5 Å². The first-order valence-electron chi connectivity index (χ1n) is 12.2. The van der Waals surface area contributed by atoms with Crippen LogP contribution in [0.5, 0.6) is 0 Å². The molecule has 8 nitrogen and oxygen atoms in total. The van der Waals surface area contributed by atoms with Crippen LogP contribution in [-0.2, 0) is 0 Å². The first-order valence-corrected chi connectivity index (χ1v) is 13.0. The van der Waals surface area contributed by atoms with Crippen molar-refractivity contribution in [2.24, 2.45) is 0 Å². The maximum atomic E-state index is 13.5. The van der Waals surface area contributed by atoms with Gasteiger partial charge in [-0.05, 0) is 19.2 Å². The normalized spacial score (nSPS) is 10.8. The van der Waals surface area contributed by atoms with Crippen LogP contribution in [0.4, 0.5) is 11.5 Å². The lowest BCUT2D eigenvalue weighted by atomic mass is 10.1. The molecule has 2 aromatic heterocycles. The van der Waals surface area contributed by atoms with E-state index in [2.05, 4.69) is 25.8 Å². The number of aromatic nitrogens is 4. The minimum Gasteiger partial charge on any atom is -0.358 e. The number of anilines is 2. The minimum absolute atomic E-state index is 0.280. The number of carbonyl (C=O) groups excluding carboxylic acids is 1. The maximum Gasteiger partial charge on any atom is 0.274 e. The number of nitrogens with one attached hydrogen (secondary N) is 2. The van der Waals surface area contributed by atoms with Gasteiger partial charge in [-0.2, -0.15) is 0 Å². The van der Waals surface area contributed by atoms with Crippen molar-refractivity contribution in [2.75, 3.05) is 37.4 Å². The fourth-order valence-corrected chi connectivity index (χ4v) is 4.74. The van der Waals surface area contributed by atoms with Crippen LogP contribution >= 0.6 is 11.3 Å². The number of nitrogens with zero attached hydrogens (tertiary/aromatic N) is 5. The highest BCUT2D eigenvalue weighted by Gasteiger charge is 2.18. The van der Waals surface area contributed by atoms with Gasteiger partial charge in [0.05, 0.1) is 5.69 Å². The van der Waals surface area contributed by atoms with Gasteiger partial charge in [0.2, 0.25) is 0 Å². The average Bonchev–Trinajstić information content (AvgIpc) is 3.47. The van der Waals surface area contributed by atoms with E-state index in [9.17, 15) is 4.79 Å². The second-order valence-corrected chi connectivity index (χ2v) is 9.58. The van der Waals surface area contributed by atoms with Gasteiger partial charge in [-0.1, -0.05) is 84.1 Å². The van der Waals surface area contributed by atoms with E-state index in [1.807, 2.05) is 104 Å². The second-order valence-electron chi connectivity index (χ2n) is 8.60. The molecule has 0 bridgehead atoms. The molecule has 3 aromatic carbocycles. The molecule has 9 heteroatoms. The standard InChI is InChI=1S/C29H27N7OS/c1-30-17-18-36(2)25-19-24(31-26(33-25)20-11-5-3-6-12-20)27(37)32-23-16-10-9-15-22(23)29-35-34-28(38-29)21-13-7-4-8-14-21/h3-16,19,30H,17-18H2,1-2H3,(H,32,37). The molecule has 190 valence electrons. The van der Waals surface area contributed by atoms with Crippen molar-refractivity contribution >= 4 is 28.7 Å².